The fourth-order valence-corrected chi connectivity index (χ4v) is 1.86. The van der Waals surface area contributed by atoms with Crippen LogP contribution in [0.2, 0.25) is 0 Å². The number of rotatable bonds is 3. The Balaban J connectivity index is 2.44. The van der Waals surface area contributed by atoms with Gasteiger partial charge in [-0.05, 0) is 34.2 Å². The van der Waals surface area contributed by atoms with Crippen LogP contribution in [-0.4, -0.2) is 60.5 Å². The van der Waals surface area contributed by atoms with Crippen LogP contribution in [0.15, 0.2) is 0 Å². The van der Waals surface area contributed by atoms with Crippen molar-refractivity contribution >= 4 is 12.4 Å². The quantitative estimate of drug-likeness (QED) is 0.696. The van der Waals surface area contributed by atoms with Crippen molar-refractivity contribution in [2.24, 2.45) is 0 Å². The Hall–Kier alpha value is -1.10. The maximum absolute atomic E-state index is 11.8. The summed E-state index contributed by atoms with van der Waals surface area (Å²) in [4.78, 5) is 25.9. The Labute approximate surface area is 103 Å². The monoisotopic (exact) mass is 242 g/mol. The number of ether oxygens (including phenoxy) is 1. The Morgan fingerprint density at radius 1 is 1.53 bits per heavy atom. The minimum Gasteiger partial charge on any atom is -0.444 e. The number of hydrogen-bond donors (Lipinski definition) is 0. The lowest BCUT2D eigenvalue weighted by Crippen LogP contribution is -2.39. The molecule has 5 heteroatoms. The first kappa shape index (κ1) is 14.0. The van der Waals surface area contributed by atoms with Crippen LogP contribution in [0, 0.1) is 0 Å². The molecule has 17 heavy (non-hydrogen) atoms. The van der Waals surface area contributed by atoms with Gasteiger partial charge in [-0.25, -0.2) is 4.79 Å². The summed E-state index contributed by atoms with van der Waals surface area (Å²) in [7, 11) is 1.90. The first-order valence-corrected chi connectivity index (χ1v) is 5.95. The summed E-state index contributed by atoms with van der Waals surface area (Å²) in [6.07, 6.45) is 1.51. The van der Waals surface area contributed by atoms with Crippen molar-refractivity contribution in [2.45, 2.75) is 38.8 Å². The van der Waals surface area contributed by atoms with E-state index in [1.54, 1.807) is 4.90 Å². The van der Waals surface area contributed by atoms with E-state index >= 15 is 0 Å². The molecule has 1 heterocycles. The average Bonchev–Trinajstić information content (AvgIpc) is 2.63. The van der Waals surface area contributed by atoms with Gasteiger partial charge in [0.05, 0.1) is 6.54 Å². The molecule has 1 fully saturated rings. The van der Waals surface area contributed by atoms with Gasteiger partial charge in [0.1, 0.15) is 11.9 Å². The molecule has 98 valence electrons. The summed E-state index contributed by atoms with van der Waals surface area (Å²) in [5.41, 5.74) is -0.454. The molecule has 0 N–H and O–H groups in total. The lowest BCUT2D eigenvalue weighted by atomic mass is 10.2. The lowest BCUT2D eigenvalue weighted by Gasteiger charge is -2.25. The summed E-state index contributed by atoms with van der Waals surface area (Å²) >= 11 is 0. The number of likely N-dealkylation sites (tertiary alicyclic amines) is 1. The molecule has 0 radical (unpaired) electrons. The topological polar surface area (TPSA) is 49.9 Å². The molecule has 1 saturated heterocycles. The number of nitrogens with zero attached hydrogens (tertiary/aromatic N) is 2. The number of amides is 1. The number of aldehydes is 1. The van der Waals surface area contributed by atoms with E-state index in [1.165, 1.54) is 0 Å². The molecular weight excluding hydrogens is 220 g/mol. The van der Waals surface area contributed by atoms with Crippen LogP contribution in [0.5, 0.6) is 0 Å². The molecule has 0 aromatic carbocycles. The third kappa shape index (κ3) is 4.34. The van der Waals surface area contributed by atoms with E-state index in [0.717, 1.165) is 12.7 Å². The minimum atomic E-state index is -0.454. The predicted molar refractivity (Wildman–Crippen MR) is 64.9 cm³/mol. The van der Waals surface area contributed by atoms with E-state index < -0.39 is 5.60 Å². The van der Waals surface area contributed by atoms with Gasteiger partial charge in [-0.3, -0.25) is 4.90 Å². The van der Waals surface area contributed by atoms with E-state index in [-0.39, 0.29) is 12.1 Å². The van der Waals surface area contributed by atoms with Crippen LogP contribution in [0.4, 0.5) is 4.79 Å². The second-order valence-electron chi connectivity index (χ2n) is 5.48. The maximum atomic E-state index is 11.8. The summed E-state index contributed by atoms with van der Waals surface area (Å²) in [5.74, 6) is 0. The largest absolute Gasteiger partial charge is 0.444 e. The second-order valence-corrected chi connectivity index (χ2v) is 5.48. The van der Waals surface area contributed by atoms with Gasteiger partial charge in [-0.2, -0.15) is 0 Å². The van der Waals surface area contributed by atoms with Crippen molar-refractivity contribution in [3.8, 4) is 0 Å². The second kappa shape index (κ2) is 5.49. The van der Waals surface area contributed by atoms with Crippen LogP contribution < -0.4 is 0 Å². The summed E-state index contributed by atoms with van der Waals surface area (Å²) < 4.78 is 5.31. The van der Waals surface area contributed by atoms with Gasteiger partial charge in [0.15, 0.2) is 0 Å². The van der Waals surface area contributed by atoms with Crippen molar-refractivity contribution in [3.63, 3.8) is 0 Å². The third-order valence-corrected chi connectivity index (χ3v) is 2.80. The minimum absolute atomic E-state index is 0.257. The first-order valence-electron chi connectivity index (χ1n) is 5.95. The molecule has 0 aromatic heterocycles. The van der Waals surface area contributed by atoms with Gasteiger partial charge in [-0.15, -0.1) is 0 Å². The van der Waals surface area contributed by atoms with Crippen molar-refractivity contribution in [3.05, 3.63) is 0 Å². The Morgan fingerprint density at radius 3 is 2.71 bits per heavy atom. The highest BCUT2D eigenvalue weighted by Gasteiger charge is 2.31. The van der Waals surface area contributed by atoms with E-state index in [1.807, 2.05) is 32.7 Å². The molecule has 0 bridgehead atoms. The molecule has 1 amide bonds. The Bertz CT molecular complexity index is 286. The molecule has 1 aliphatic heterocycles. The number of carbonyl (C=O) groups excluding carboxylic acids is 2. The number of likely N-dealkylation sites (N-methyl/N-ethyl adjacent to an activating group) is 1. The fraction of sp³-hybridized carbons (Fsp3) is 0.833. The van der Waals surface area contributed by atoms with Gasteiger partial charge in [0, 0.05) is 19.1 Å². The molecule has 0 aromatic rings. The van der Waals surface area contributed by atoms with Crippen LogP contribution in [0.25, 0.3) is 0 Å². The van der Waals surface area contributed by atoms with Crippen molar-refractivity contribution < 1.29 is 14.3 Å². The normalized spacial score (nSPS) is 20.8. The zero-order valence-electron chi connectivity index (χ0n) is 11.1. The number of hydrogen-bond acceptors (Lipinski definition) is 4. The Morgan fingerprint density at radius 2 is 2.18 bits per heavy atom. The van der Waals surface area contributed by atoms with E-state index in [9.17, 15) is 9.59 Å². The van der Waals surface area contributed by atoms with Gasteiger partial charge in [0.25, 0.3) is 0 Å². The van der Waals surface area contributed by atoms with E-state index in [2.05, 4.69) is 0 Å². The van der Waals surface area contributed by atoms with E-state index in [4.69, 9.17) is 4.74 Å². The van der Waals surface area contributed by atoms with Crippen LogP contribution >= 0.6 is 0 Å². The van der Waals surface area contributed by atoms with Gasteiger partial charge >= 0.3 is 6.09 Å². The SMILES string of the molecule is CN(CC=O)C1CCN(C(=O)OC(C)(C)C)C1. The lowest BCUT2D eigenvalue weighted by molar-refractivity contribution is -0.109. The molecule has 1 atom stereocenters. The number of carbonyl (C=O) groups is 2. The molecule has 0 spiro atoms. The van der Waals surface area contributed by atoms with Crippen LogP contribution in [0.3, 0.4) is 0 Å². The molecule has 0 saturated carbocycles. The van der Waals surface area contributed by atoms with Gasteiger partial charge in [-0.1, -0.05) is 0 Å². The summed E-state index contributed by atoms with van der Waals surface area (Å²) in [6, 6.07) is 0.257. The molecule has 1 rings (SSSR count). The smallest absolute Gasteiger partial charge is 0.410 e. The van der Waals surface area contributed by atoms with E-state index in [0.29, 0.717) is 19.6 Å². The summed E-state index contributed by atoms with van der Waals surface area (Å²) in [5, 5.41) is 0. The highest BCUT2D eigenvalue weighted by atomic mass is 16.6. The van der Waals surface area contributed by atoms with Crippen molar-refractivity contribution in [1.82, 2.24) is 9.80 Å². The van der Waals surface area contributed by atoms with Crippen LogP contribution in [0.1, 0.15) is 27.2 Å². The standard InChI is InChI=1S/C12H22N2O3/c1-12(2,3)17-11(16)14-6-5-10(9-14)13(4)7-8-15/h8,10H,5-7,9H2,1-4H3. The zero-order chi connectivity index (χ0) is 13.1. The molecule has 5 nitrogen and oxygen atoms in total. The predicted octanol–water partition coefficient (Wildman–Crippen LogP) is 1.13. The average molecular weight is 242 g/mol. The maximum Gasteiger partial charge on any atom is 0.410 e. The third-order valence-electron chi connectivity index (χ3n) is 2.80. The summed E-state index contributed by atoms with van der Waals surface area (Å²) in [6.45, 7) is 7.32. The molecular formula is C12H22N2O3. The van der Waals surface area contributed by atoms with Gasteiger partial charge in [0.2, 0.25) is 0 Å². The fourth-order valence-electron chi connectivity index (χ4n) is 1.86. The van der Waals surface area contributed by atoms with Crippen molar-refractivity contribution in [2.75, 3.05) is 26.7 Å². The molecule has 0 aliphatic carbocycles. The van der Waals surface area contributed by atoms with Crippen LogP contribution in [-0.2, 0) is 9.53 Å². The zero-order valence-corrected chi connectivity index (χ0v) is 11.1. The highest BCUT2D eigenvalue weighted by molar-refractivity contribution is 5.68. The highest BCUT2D eigenvalue weighted by Crippen LogP contribution is 2.17. The molecule has 1 aliphatic rings. The first-order chi connectivity index (χ1) is 7.83. The Kier molecular flexibility index (Phi) is 4.51. The molecule has 1 unspecified atom stereocenters. The van der Waals surface area contributed by atoms with Crippen molar-refractivity contribution in [1.29, 1.82) is 0 Å². The van der Waals surface area contributed by atoms with Gasteiger partial charge < -0.3 is 14.4 Å².